The third-order valence-electron chi connectivity index (χ3n) is 4.72. The van der Waals surface area contributed by atoms with Crippen molar-refractivity contribution >= 4 is 11.6 Å². The molecule has 2 unspecified atom stereocenters. The summed E-state index contributed by atoms with van der Waals surface area (Å²) in [6.07, 6.45) is 1.62. The van der Waals surface area contributed by atoms with Crippen molar-refractivity contribution in [3.63, 3.8) is 0 Å². The van der Waals surface area contributed by atoms with Crippen LogP contribution in [0.2, 0.25) is 0 Å². The van der Waals surface area contributed by atoms with Crippen LogP contribution in [0, 0.1) is 0 Å². The summed E-state index contributed by atoms with van der Waals surface area (Å²) >= 11 is 0. The van der Waals surface area contributed by atoms with Crippen LogP contribution in [-0.2, 0) is 17.6 Å². The van der Waals surface area contributed by atoms with Crippen LogP contribution < -0.4 is 10.6 Å². The van der Waals surface area contributed by atoms with Crippen molar-refractivity contribution < 1.29 is 4.79 Å². The van der Waals surface area contributed by atoms with Crippen molar-refractivity contribution in [3.8, 4) is 0 Å². The summed E-state index contributed by atoms with van der Waals surface area (Å²) < 4.78 is 0. The second kappa shape index (κ2) is 4.71. The number of hydrogen-bond donors (Lipinski definition) is 2. The minimum absolute atomic E-state index is 0.0946. The summed E-state index contributed by atoms with van der Waals surface area (Å²) in [4.78, 5) is 11.5. The summed E-state index contributed by atoms with van der Waals surface area (Å²) in [5.74, 6) is 0.617. The van der Waals surface area contributed by atoms with Crippen molar-refractivity contribution in [2.45, 2.75) is 24.8 Å². The van der Waals surface area contributed by atoms with E-state index >= 15 is 0 Å². The van der Waals surface area contributed by atoms with Gasteiger partial charge in [0, 0.05) is 17.6 Å². The molecule has 0 radical (unpaired) electrons. The van der Waals surface area contributed by atoms with E-state index in [4.69, 9.17) is 0 Å². The van der Waals surface area contributed by atoms with Gasteiger partial charge in [-0.05, 0) is 41.8 Å². The van der Waals surface area contributed by atoms with E-state index < -0.39 is 0 Å². The average molecular weight is 278 g/mol. The highest BCUT2D eigenvalue weighted by Crippen LogP contribution is 2.43. The van der Waals surface area contributed by atoms with Crippen molar-refractivity contribution in [2.75, 3.05) is 12.4 Å². The molecule has 0 saturated heterocycles. The van der Waals surface area contributed by atoms with Gasteiger partial charge in [-0.3, -0.25) is 4.79 Å². The number of fused-ring (bicyclic) bond motifs is 2. The molecule has 0 aromatic heterocycles. The fraction of sp³-hybridized carbons (Fsp3) is 0.278. The van der Waals surface area contributed by atoms with Gasteiger partial charge in [0.25, 0.3) is 0 Å². The fourth-order valence-corrected chi connectivity index (χ4v) is 3.64. The zero-order chi connectivity index (χ0) is 14.4. The quantitative estimate of drug-likeness (QED) is 0.906. The van der Waals surface area contributed by atoms with Gasteiger partial charge in [-0.25, -0.2) is 0 Å². The van der Waals surface area contributed by atoms with Gasteiger partial charge in [-0.15, -0.1) is 0 Å². The normalized spacial score (nSPS) is 20.2. The highest BCUT2D eigenvalue weighted by molar-refractivity contribution is 5.99. The Morgan fingerprint density at radius 2 is 2.05 bits per heavy atom. The maximum Gasteiger partial charge on any atom is 0.228 e. The number of anilines is 1. The Bertz CT molecular complexity index is 723. The highest BCUT2D eigenvalue weighted by Gasteiger charge is 2.33. The zero-order valence-corrected chi connectivity index (χ0v) is 12.0. The molecule has 0 fully saturated rings. The summed E-state index contributed by atoms with van der Waals surface area (Å²) in [6, 6.07) is 15.3. The minimum Gasteiger partial charge on any atom is -0.326 e. The standard InChI is InChI=1S/C18H18N2O/c1-19-18(15-9-11-4-2-3-5-14(11)15)12-6-7-16-13(8-12)10-17(21)20-16/h2-8,15,18-19H,9-10H2,1H3,(H,20,21). The van der Waals surface area contributed by atoms with Gasteiger partial charge >= 0.3 is 0 Å². The summed E-state index contributed by atoms with van der Waals surface area (Å²) in [7, 11) is 2.02. The molecule has 2 aromatic carbocycles. The Morgan fingerprint density at radius 3 is 2.86 bits per heavy atom. The van der Waals surface area contributed by atoms with E-state index in [9.17, 15) is 4.79 Å². The van der Waals surface area contributed by atoms with Gasteiger partial charge in [-0.1, -0.05) is 36.4 Å². The first-order chi connectivity index (χ1) is 10.3. The average Bonchev–Trinajstić information content (AvgIpc) is 2.84. The molecule has 1 heterocycles. The smallest absolute Gasteiger partial charge is 0.228 e. The van der Waals surface area contributed by atoms with Crippen molar-refractivity contribution in [1.29, 1.82) is 0 Å². The number of nitrogens with one attached hydrogen (secondary N) is 2. The predicted molar refractivity (Wildman–Crippen MR) is 83.5 cm³/mol. The maximum absolute atomic E-state index is 11.5. The highest BCUT2D eigenvalue weighted by atomic mass is 16.1. The van der Waals surface area contributed by atoms with Crippen LogP contribution in [0.1, 0.15) is 34.2 Å². The minimum atomic E-state index is 0.0946. The predicted octanol–water partition coefficient (Wildman–Crippen LogP) is 2.78. The van der Waals surface area contributed by atoms with Crippen LogP contribution in [0.25, 0.3) is 0 Å². The van der Waals surface area contributed by atoms with Gasteiger partial charge in [0.2, 0.25) is 5.91 Å². The molecule has 2 atom stereocenters. The summed E-state index contributed by atoms with van der Waals surface area (Å²) in [5.41, 5.74) is 6.26. The molecule has 3 nitrogen and oxygen atoms in total. The second-order valence-corrected chi connectivity index (χ2v) is 5.92. The van der Waals surface area contributed by atoms with Gasteiger partial charge in [0.05, 0.1) is 6.42 Å². The van der Waals surface area contributed by atoms with E-state index in [0.29, 0.717) is 18.4 Å². The first kappa shape index (κ1) is 12.6. The van der Waals surface area contributed by atoms with Crippen LogP contribution in [-0.4, -0.2) is 13.0 Å². The largest absolute Gasteiger partial charge is 0.326 e. The number of amides is 1. The number of likely N-dealkylation sites (N-methyl/N-ethyl adjacent to an activating group) is 1. The first-order valence-corrected chi connectivity index (χ1v) is 7.44. The summed E-state index contributed by atoms with van der Waals surface area (Å²) in [6.45, 7) is 0. The van der Waals surface area contributed by atoms with Crippen LogP contribution in [0.4, 0.5) is 5.69 Å². The van der Waals surface area contributed by atoms with Crippen LogP contribution in [0.5, 0.6) is 0 Å². The molecular formula is C18H18N2O. The second-order valence-electron chi connectivity index (χ2n) is 5.92. The lowest BCUT2D eigenvalue weighted by Gasteiger charge is -2.37. The number of hydrogen-bond acceptors (Lipinski definition) is 2. The van der Waals surface area contributed by atoms with Crippen LogP contribution in [0.15, 0.2) is 42.5 Å². The molecular weight excluding hydrogens is 260 g/mol. The monoisotopic (exact) mass is 278 g/mol. The molecule has 2 aliphatic rings. The number of carbonyl (C=O) groups excluding carboxylic acids is 1. The molecule has 0 spiro atoms. The molecule has 2 aromatic rings. The SMILES string of the molecule is CNC(c1ccc2c(c1)CC(=O)N2)C1Cc2ccccc21. The fourth-order valence-electron chi connectivity index (χ4n) is 3.64. The van der Waals surface area contributed by atoms with E-state index in [0.717, 1.165) is 17.7 Å². The van der Waals surface area contributed by atoms with Crippen LogP contribution in [0.3, 0.4) is 0 Å². The van der Waals surface area contributed by atoms with Crippen molar-refractivity contribution in [1.82, 2.24) is 5.32 Å². The first-order valence-electron chi connectivity index (χ1n) is 7.44. The van der Waals surface area contributed by atoms with Gasteiger partial charge in [0.1, 0.15) is 0 Å². The van der Waals surface area contributed by atoms with Crippen LogP contribution >= 0.6 is 0 Å². The van der Waals surface area contributed by atoms with Gasteiger partial charge in [-0.2, -0.15) is 0 Å². The molecule has 21 heavy (non-hydrogen) atoms. The Hall–Kier alpha value is -2.13. The van der Waals surface area contributed by atoms with Crippen molar-refractivity contribution in [3.05, 3.63) is 64.7 Å². The maximum atomic E-state index is 11.5. The molecule has 4 rings (SSSR count). The van der Waals surface area contributed by atoms with E-state index in [1.54, 1.807) is 0 Å². The zero-order valence-electron chi connectivity index (χ0n) is 12.0. The van der Waals surface area contributed by atoms with Gasteiger partial charge in [0.15, 0.2) is 0 Å². The Labute approximate surface area is 124 Å². The third-order valence-corrected chi connectivity index (χ3v) is 4.72. The molecule has 0 bridgehead atoms. The number of carbonyl (C=O) groups is 1. The molecule has 3 heteroatoms. The van der Waals surface area contributed by atoms with E-state index in [1.165, 1.54) is 16.7 Å². The Kier molecular flexibility index (Phi) is 2.82. The topological polar surface area (TPSA) is 41.1 Å². The molecule has 1 aliphatic carbocycles. The molecule has 0 saturated carbocycles. The third kappa shape index (κ3) is 1.96. The lowest BCUT2D eigenvalue weighted by molar-refractivity contribution is -0.115. The van der Waals surface area contributed by atoms with Gasteiger partial charge < -0.3 is 10.6 Å². The molecule has 1 amide bonds. The number of benzene rings is 2. The Balaban J connectivity index is 1.66. The van der Waals surface area contributed by atoms with E-state index in [1.807, 2.05) is 13.1 Å². The van der Waals surface area contributed by atoms with E-state index in [2.05, 4.69) is 47.0 Å². The molecule has 106 valence electrons. The summed E-state index contributed by atoms with van der Waals surface area (Å²) in [5, 5.41) is 6.35. The number of rotatable bonds is 3. The molecule has 1 aliphatic heterocycles. The lowest BCUT2D eigenvalue weighted by Crippen LogP contribution is -2.31. The van der Waals surface area contributed by atoms with Crippen molar-refractivity contribution in [2.24, 2.45) is 0 Å². The lowest BCUT2D eigenvalue weighted by atomic mass is 9.71. The molecule has 2 N–H and O–H groups in total. The Morgan fingerprint density at radius 1 is 1.19 bits per heavy atom. The van der Waals surface area contributed by atoms with E-state index in [-0.39, 0.29) is 5.91 Å².